The Labute approximate surface area is 120 Å². The summed E-state index contributed by atoms with van der Waals surface area (Å²) in [7, 11) is 0. The maximum Gasteiger partial charge on any atom is 0.205 e. The Hall–Kier alpha value is -3.04. The summed E-state index contributed by atoms with van der Waals surface area (Å²) < 4.78 is 0. The summed E-state index contributed by atoms with van der Waals surface area (Å²) in [6.45, 7) is -0.116. The highest BCUT2D eigenvalue weighted by atomic mass is 16.3. The van der Waals surface area contributed by atoms with Gasteiger partial charge in [-0.25, -0.2) is 0 Å². The number of benzene rings is 2. The number of nitriles is 1. The van der Waals surface area contributed by atoms with Crippen LogP contribution in [0.2, 0.25) is 0 Å². The molecule has 6 heteroatoms. The summed E-state index contributed by atoms with van der Waals surface area (Å²) in [5.41, 5.74) is 2.44. The Morgan fingerprint density at radius 2 is 1.95 bits per heavy atom. The molecule has 0 aliphatic heterocycles. The molecule has 21 heavy (non-hydrogen) atoms. The molecule has 0 fully saturated rings. The van der Waals surface area contributed by atoms with E-state index in [1.165, 1.54) is 4.80 Å². The average molecular weight is 277 g/mol. The molecule has 0 saturated heterocycles. The van der Waals surface area contributed by atoms with Crippen LogP contribution in [0, 0.1) is 11.3 Å². The average Bonchev–Trinajstić information content (AvgIpc) is 3.04. The second-order valence-electron chi connectivity index (χ2n) is 4.39. The van der Waals surface area contributed by atoms with E-state index in [2.05, 4.69) is 21.5 Å². The minimum Gasteiger partial charge on any atom is -0.392 e. The number of tetrazole rings is 1. The maximum absolute atomic E-state index is 9.20. The van der Waals surface area contributed by atoms with Gasteiger partial charge in [-0.1, -0.05) is 36.4 Å². The van der Waals surface area contributed by atoms with Crippen LogP contribution in [-0.2, 0) is 6.61 Å². The molecule has 1 N–H and O–H groups in total. The Morgan fingerprint density at radius 1 is 1.14 bits per heavy atom. The normalized spacial score (nSPS) is 10.3. The smallest absolute Gasteiger partial charge is 0.205 e. The number of hydrogen-bond acceptors (Lipinski definition) is 5. The highest BCUT2D eigenvalue weighted by molar-refractivity contribution is 5.54. The number of aliphatic hydroxyl groups is 1. The van der Waals surface area contributed by atoms with E-state index in [1.54, 1.807) is 18.2 Å². The van der Waals surface area contributed by atoms with Crippen molar-refractivity contribution in [2.24, 2.45) is 0 Å². The predicted molar refractivity (Wildman–Crippen MR) is 75.2 cm³/mol. The third-order valence-corrected chi connectivity index (χ3v) is 3.03. The van der Waals surface area contributed by atoms with E-state index in [0.29, 0.717) is 22.6 Å². The Kier molecular flexibility index (Phi) is 3.41. The van der Waals surface area contributed by atoms with Gasteiger partial charge >= 0.3 is 0 Å². The lowest BCUT2D eigenvalue weighted by Crippen LogP contribution is -2.02. The minimum atomic E-state index is -0.116. The molecule has 3 aromatic rings. The van der Waals surface area contributed by atoms with Gasteiger partial charge in [-0.05, 0) is 22.9 Å². The molecule has 0 aliphatic carbocycles. The molecule has 0 saturated carbocycles. The quantitative estimate of drug-likeness (QED) is 0.787. The summed E-state index contributed by atoms with van der Waals surface area (Å²) in [5, 5.41) is 30.6. The van der Waals surface area contributed by atoms with Crippen molar-refractivity contribution in [2.75, 3.05) is 0 Å². The fourth-order valence-electron chi connectivity index (χ4n) is 1.96. The van der Waals surface area contributed by atoms with Crippen LogP contribution in [0.3, 0.4) is 0 Å². The zero-order valence-corrected chi connectivity index (χ0v) is 11.0. The first-order valence-electron chi connectivity index (χ1n) is 6.31. The molecule has 0 unspecified atom stereocenters. The van der Waals surface area contributed by atoms with Crippen molar-refractivity contribution < 1.29 is 5.11 Å². The molecule has 0 amide bonds. The van der Waals surface area contributed by atoms with E-state index < -0.39 is 0 Å². The first kappa shape index (κ1) is 13.0. The molecule has 2 aromatic carbocycles. The first-order chi connectivity index (χ1) is 10.3. The fraction of sp³-hybridized carbons (Fsp3) is 0.0667. The van der Waals surface area contributed by atoms with Crippen LogP contribution in [0.5, 0.6) is 0 Å². The molecule has 0 bridgehead atoms. The summed E-state index contributed by atoms with van der Waals surface area (Å²) >= 11 is 0. The summed E-state index contributed by atoms with van der Waals surface area (Å²) in [4.78, 5) is 1.32. The third kappa shape index (κ3) is 2.50. The van der Waals surface area contributed by atoms with E-state index in [1.807, 2.05) is 30.3 Å². The molecule has 3 rings (SSSR count). The largest absolute Gasteiger partial charge is 0.392 e. The molecule has 102 valence electrons. The zero-order valence-electron chi connectivity index (χ0n) is 11.0. The van der Waals surface area contributed by atoms with Crippen molar-refractivity contribution >= 4 is 0 Å². The fourth-order valence-corrected chi connectivity index (χ4v) is 1.96. The number of rotatable bonds is 3. The van der Waals surface area contributed by atoms with Crippen LogP contribution < -0.4 is 0 Å². The first-order valence-corrected chi connectivity index (χ1v) is 6.31. The summed E-state index contributed by atoms with van der Waals surface area (Å²) in [6.07, 6.45) is 0. The molecule has 0 spiro atoms. The molecule has 0 aliphatic rings. The van der Waals surface area contributed by atoms with Gasteiger partial charge in [0.05, 0.1) is 12.2 Å². The summed E-state index contributed by atoms with van der Waals surface area (Å²) in [6, 6.07) is 16.6. The molecule has 0 radical (unpaired) electrons. The Bertz CT molecular complexity index is 804. The van der Waals surface area contributed by atoms with Crippen LogP contribution in [-0.4, -0.2) is 25.3 Å². The van der Waals surface area contributed by atoms with Gasteiger partial charge in [0, 0.05) is 5.56 Å². The van der Waals surface area contributed by atoms with Gasteiger partial charge in [0.2, 0.25) is 5.82 Å². The maximum atomic E-state index is 9.20. The van der Waals surface area contributed by atoms with Crippen LogP contribution in [0.25, 0.3) is 17.1 Å². The van der Waals surface area contributed by atoms with Crippen LogP contribution in [0.1, 0.15) is 11.1 Å². The highest BCUT2D eigenvalue weighted by Gasteiger charge is 2.11. The van der Waals surface area contributed by atoms with Gasteiger partial charge in [0.15, 0.2) is 0 Å². The van der Waals surface area contributed by atoms with Crippen LogP contribution in [0.15, 0.2) is 48.5 Å². The molecule has 1 heterocycles. The lowest BCUT2D eigenvalue weighted by Gasteiger charge is -2.03. The van der Waals surface area contributed by atoms with Crippen molar-refractivity contribution in [3.8, 4) is 23.1 Å². The zero-order chi connectivity index (χ0) is 14.7. The van der Waals surface area contributed by atoms with Gasteiger partial charge in [-0.3, -0.25) is 0 Å². The van der Waals surface area contributed by atoms with Crippen molar-refractivity contribution in [3.63, 3.8) is 0 Å². The predicted octanol–water partition coefficient (Wildman–Crippen LogP) is 1.69. The van der Waals surface area contributed by atoms with Gasteiger partial charge in [0.25, 0.3) is 0 Å². The van der Waals surface area contributed by atoms with Crippen LogP contribution >= 0.6 is 0 Å². The molecular formula is C15H11N5O. The van der Waals surface area contributed by atoms with E-state index >= 15 is 0 Å². The van der Waals surface area contributed by atoms with Crippen LogP contribution in [0.4, 0.5) is 0 Å². The molecular weight excluding hydrogens is 266 g/mol. The number of hydrogen-bond donors (Lipinski definition) is 1. The van der Waals surface area contributed by atoms with Crippen molar-refractivity contribution in [1.82, 2.24) is 20.2 Å². The molecule has 1 aromatic heterocycles. The third-order valence-electron chi connectivity index (χ3n) is 3.03. The van der Waals surface area contributed by atoms with Gasteiger partial charge in [-0.2, -0.15) is 5.26 Å². The Morgan fingerprint density at radius 3 is 2.67 bits per heavy atom. The number of aromatic nitrogens is 4. The SMILES string of the molecule is N#Cc1cc(CO)ccc1-n1nnc(-c2ccccc2)n1. The Balaban J connectivity index is 2.03. The van der Waals surface area contributed by atoms with E-state index in [0.717, 1.165) is 5.56 Å². The highest BCUT2D eigenvalue weighted by Crippen LogP contribution is 2.17. The van der Waals surface area contributed by atoms with Crippen molar-refractivity contribution in [3.05, 3.63) is 59.7 Å². The van der Waals surface area contributed by atoms with Gasteiger partial charge in [0.1, 0.15) is 11.8 Å². The van der Waals surface area contributed by atoms with Crippen molar-refractivity contribution in [1.29, 1.82) is 5.26 Å². The van der Waals surface area contributed by atoms with Crippen molar-refractivity contribution in [2.45, 2.75) is 6.61 Å². The second-order valence-corrected chi connectivity index (χ2v) is 4.39. The minimum absolute atomic E-state index is 0.116. The summed E-state index contributed by atoms with van der Waals surface area (Å²) in [5.74, 6) is 0.491. The number of aliphatic hydroxyl groups excluding tert-OH is 1. The van der Waals surface area contributed by atoms with Gasteiger partial charge in [-0.15, -0.1) is 15.0 Å². The van der Waals surface area contributed by atoms with E-state index in [4.69, 9.17) is 5.11 Å². The van der Waals surface area contributed by atoms with E-state index in [-0.39, 0.29) is 6.61 Å². The van der Waals surface area contributed by atoms with E-state index in [9.17, 15) is 5.26 Å². The second kappa shape index (κ2) is 5.53. The monoisotopic (exact) mass is 277 g/mol. The molecule has 0 atom stereocenters. The van der Waals surface area contributed by atoms with Gasteiger partial charge < -0.3 is 5.11 Å². The molecule has 6 nitrogen and oxygen atoms in total. The topological polar surface area (TPSA) is 87.6 Å². The lowest BCUT2D eigenvalue weighted by atomic mass is 10.1. The standard InChI is InChI=1S/C15H11N5O/c16-9-13-8-11(10-21)6-7-14(13)20-18-15(17-19-20)12-4-2-1-3-5-12/h1-8,21H,10H2. The number of nitrogens with zero attached hydrogens (tertiary/aromatic N) is 5. The lowest BCUT2D eigenvalue weighted by molar-refractivity contribution is 0.282.